The standard InChI is InChI=1S/C18H19NO2/c1-3-12-21-18-11-7-5-9-16(18)14-19-13-15-8-4-6-10-17(15)20-2/h1,4-11,19H,12-14H2,2H3. The number of nitrogens with one attached hydrogen (secondary N) is 1. The molecule has 1 N–H and O–H groups in total. The van der Waals surface area contributed by atoms with Gasteiger partial charge in [-0.1, -0.05) is 42.3 Å². The van der Waals surface area contributed by atoms with Crippen LogP contribution in [0.3, 0.4) is 0 Å². The van der Waals surface area contributed by atoms with Crippen LogP contribution in [0.1, 0.15) is 11.1 Å². The zero-order chi connectivity index (χ0) is 14.9. The number of hydrogen-bond donors (Lipinski definition) is 1. The normalized spacial score (nSPS) is 9.90. The summed E-state index contributed by atoms with van der Waals surface area (Å²) in [5.41, 5.74) is 2.21. The van der Waals surface area contributed by atoms with Crippen LogP contribution in [0.15, 0.2) is 48.5 Å². The second kappa shape index (κ2) is 7.98. The molecule has 0 atom stereocenters. The van der Waals surface area contributed by atoms with Gasteiger partial charge in [-0.2, -0.15) is 0 Å². The first kappa shape index (κ1) is 15.0. The first-order chi connectivity index (χ1) is 10.3. The summed E-state index contributed by atoms with van der Waals surface area (Å²) in [6.07, 6.45) is 5.23. The van der Waals surface area contributed by atoms with Crippen LogP contribution in [-0.2, 0) is 13.1 Å². The molecule has 2 rings (SSSR count). The van der Waals surface area contributed by atoms with Gasteiger partial charge in [0.15, 0.2) is 0 Å². The van der Waals surface area contributed by atoms with Crippen LogP contribution in [0.5, 0.6) is 11.5 Å². The quantitative estimate of drug-likeness (QED) is 0.791. The van der Waals surface area contributed by atoms with E-state index in [-0.39, 0.29) is 6.61 Å². The Morgan fingerprint density at radius 1 is 0.952 bits per heavy atom. The fourth-order valence-corrected chi connectivity index (χ4v) is 2.09. The molecular weight excluding hydrogens is 262 g/mol. The van der Waals surface area contributed by atoms with Gasteiger partial charge >= 0.3 is 0 Å². The third kappa shape index (κ3) is 4.27. The van der Waals surface area contributed by atoms with Gasteiger partial charge in [-0.25, -0.2) is 0 Å². The molecule has 0 saturated heterocycles. The lowest BCUT2D eigenvalue weighted by molar-refractivity contribution is 0.364. The molecule has 0 heterocycles. The van der Waals surface area contributed by atoms with E-state index in [1.807, 2.05) is 48.5 Å². The smallest absolute Gasteiger partial charge is 0.148 e. The van der Waals surface area contributed by atoms with E-state index >= 15 is 0 Å². The van der Waals surface area contributed by atoms with Crippen molar-refractivity contribution in [1.29, 1.82) is 0 Å². The number of para-hydroxylation sites is 2. The van der Waals surface area contributed by atoms with Gasteiger partial charge in [-0.15, -0.1) is 6.42 Å². The molecule has 3 nitrogen and oxygen atoms in total. The van der Waals surface area contributed by atoms with E-state index in [0.717, 1.165) is 29.2 Å². The van der Waals surface area contributed by atoms with Gasteiger partial charge in [-0.05, 0) is 12.1 Å². The molecule has 2 aromatic carbocycles. The van der Waals surface area contributed by atoms with E-state index in [1.165, 1.54) is 0 Å². The fraction of sp³-hybridized carbons (Fsp3) is 0.222. The van der Waals surface area contributed by atoms with Crippen molar-refractivity contribution in [1.82, 2.24) is 5.32 Å². The SMILES string of the molecule is C#CCOc1ccccc1CNCc1ccccc1OC. The number of benzene rings is 2. The maximum Gasteiger partial charge on any atom is 0.148 e. The molecule has 21 heavy (non-hydrogen) atoms. The Hall–Kier alpha value is -2.44. The summed E-state index contributed by atoms with van der Waals surface area (Å²) in [5.74, 6) is 4.19. The van der Waals surface area contributed by atoms with Crippen LogP contribution in [-0.4, -0.2) is 13.7 Å². The van der Waals surface area contributed by atoms with E-state index in [0.29, 0.717) is 6.54 Å². The minimum Gasteiger partial charge on any atom is -0.496 e. The lowest BCUT2D eigenvalue weighted by Crippen LogP contribution is -2.14. The molecule has 0 spiro atoms. The van der Waals surface area contributed by atoms with Gasteiger partial charge in [-0.3, -0.25) is 0 Å². The van der Waals surface area contributed by atoms with E-state index in [4.69, 9.17) is 15.9 Å². The number of hydrogen-bond acceptors (Lipinski definition) is 3. The minimum atomic E-state index is 0.281. The molecule has 2 aromatic rings. The Bertz CT molecular complexity index is 617. The average molecular weight is 281 g/mol. The summed E-state index contributed by atoms with van der Waals surface area (Å²) >= 11 is 0. The third-order valence-electron chi connectivity index (χ3n) is 3.11. The second-order valence-electron chi connectivity index (χ2n) is 4.52. The lowest BCUT2D eigenvalue weighted by atomic mass is 10.1. The van der Waals surface area contributed by atoms with Crippen molar-refractivity contribution in [3.05, 3.63) is 59.7 Å². The lowest BCUT2D eigenvalue weighted by Gasteiger charge is -2.12. The molecule has 3 heteroatoms. The van der Waals surface area contributed by atoms with Crippen molar-refractivity contribution < 1.29 is 9.47 Å². The molecule has 0 bridgehead atoms. The molecule has 0 aliphatic carbocycles. The minimum absolute atomic E-state index is 0.281. The molecule has 0 unspecified atom stereocenters. The molecule has 0 aliphatic heterocycles. The van der Waals surface area contributed by atoms with Crippen LogP contribution < -0.4 is 14.8 Å². The molecule has 0 saturated carbocycles. The monoisotopic (exact) mass is 281 g/mol. The van der Waals surface area contributed by atoms with Crippen LogP contribution >= 0.6 is 0 Å². The predicted molar refractivity (Wildman–Crippen MR) is 84.3 cm³/mol. The van der Waals surface area contributed by atoms with Crippen molar-refractivity contribution in [2.75, 3.05) is 13.7 Å². The van der Waals surface area contributed by atoms with Gasteiger partial charge in [0.25, 0.3) is 0 Å². The summed E-state index contributed by atoms with van der Waals surface area (Å²) in [7, 11) is 1.68. The Labute approximate surface area is 125 Å². The van der Waals surface area contributed by atoms with Crippen molar-refractivity contribution >= 4 is 0 Å². The van der Waals surface area contributed by atoms with Crippen LogP contribution in [0.4, 0.5) is 0 Å². The fourth-order valence-electron chi connectivity index (χ4n) is 2.09. The van der Waals surface area contributed by atoms with Gasteiger partial charge in [0.1, 0.15) is 18.1 Å². The maximum absolute atomic E-state index is 5.53. The van der Waals surface area contributed by atoms with Crippen LogP contribution in [0.2, 0.25) is 0 Å². The molecule has 0 fully saturated rings. The first-order valence-electron chi connectivity index (χ1n) is 6.82. The maximum atomic E-state index is 5.53. The second-order valence-corrected chi connectivity index (χ2v) is 4.52. The predicted octanol–water partition coefficient (Wildman–Crippen LogP) is 3.00. The van der Waals surface area contributed by atoms with Crippen LogP contribution in [0.25, 0.3) is 0 Å². The highest BCUT2D eigenvalue weighted by Crippen LogP contribution is 2.19. The number of terminal acetylenes is 1. The molecule has 0 amide bonds. The zero-order valence-corrected chi connectivity index (χ0v) is 12.1. The summed E-state index contributed by atoms with van der Waals surface area (Å²) in [4.78, 5) is 0. The Morgan fingerprint density at radius 2 is 1.52 bits per heavy atom. The van der Waals surface area contributed by atoms with Crippen molar-refractivity contribution in [3.63, 3.8) is 0 Å². The first-order valence-corrected chi connectivity index (χ1v) is 6.82. The largest absolute Gasteiger partial charge is 0.496 e. The highest BCUT2D eigenvalue weighted by molar-refractivity contribution is 5.35. The molecule has 108 valence electrons. The van der Waals surface area contributed by atoms with E-state index in [9.17, 15) is 0 Å². The third-order valence-corrected chi connectivity index (χ3v) is 3.11. The van der Waals surface area contributed by atoms with Gasteiger partial charge in [0.05, 0.1) is 7.11 Å². The van der Waals surface area contributed by atoms with Crippen molar-refractivity contribution in [3.8, 4) is 23.8 Å². The van der Waals surface area contributed by atoms with E-state index in [2.05, 4.69) is 11.2 Å². The Morgan fingerprint density at radius 3 is 2.14 bits per heavy atom. The molecular formula is C18H19NO2. The Kier molecular flexibility index (Phi) is 5.69. The van der Waals surface area contributed by atoms with Gasteiger partial charge in [0, 0.05) is 24.2 Å². The van der Waals surface area contributed by atoms with Crippen LogP contribution in [0, 0.1) is 12.3 Å². The summed E-state index contributed by atoms with van der Waals surface area (Å²) in [6, 6.07) is 15.9. The van der Waals surface area contributed by atoms with Gasteiger partial charge < -0.3 is 14.8 Å². The number of ether oxygens (including phenoxy) is 2. The molecule has 0 aliphatic rings. The number of rotatable bonds is 7. The van der Waals surface area contributed by atoms with Crippen molar-refractivity contribution in [2.45, 2.75) is 13.1 Å². The molecule has 0 radical (unpaired) electrons. The van der Waals surface area contributed by atoms with Gasteiger partial charge in [0.2, 0.25) is 0 Å². The highest BCUT2D eigenvalue weighted by atomic mass is 16.5. The number of methoxy groups -OCH3 is 1. The summed E-state index contributed by atoms with van der Waals surface area (Å²) in [6.45, 7) is 1.72. The summed E-state index contributed by atoms with van der Waals surface area (Å²) < 4.78 is 10.9. The summed E-state index contributed by atoms with van der Waals surface area (Å²) in [5, 5.41) is 3.40. The Balaban J connectivity index is 1.96. The van der Waals surface area contributed by atoms with E-state index in [1.54, 1.807) is 7.11 Å². The van der Waals surface area contributed by atoms with E-state index < -0.39 is 0 Å². The topological polar surface area (TPSA) is 30.5 Å². The molecule has 0 aromatic heterocycles. The van der Waals surface area contributed by atoms with Crippen molar-refractivity contribution in [2.24, 2.45) is 0 Å². The average Bonchev–Trinajstić information content (AvgIpc) is 2.54. The highest BCUT2D eigenvalue weighted by Gasteiger charge is 2.04. The zero-order valence-electron chi connectivity index (χ0n) is 12.1.